The molecule has 0 aliphatic carbocycles. The van der Waals surface area contributed by atoms with E-state index >= 15 is 0 Å². The highest BCUT2D eigenvalue weighted by atomic mass is 16.2. The zero-order valence-corrected chi connectivity index (χ0v) is 15.6. The average Bonchev–Trinajstić information content (AvgIpc) is 3.27. The van der Waals surface area contributed by atoms with Crippen LogP contribution in [0.5, 0.6) is 0 Å². The molecule has 1 atom stereocenters. The Balaban J connectivity index is 1.38. The molecule has 2 N–H and O–H groups in total. The molecular formula is C21H21N5O2. The Kier molecular flexibility index (Phi) is 4.89. The Bertz CT molecular complexity index is 1010. The Hall–Kier alpha value is -3.48. The maximum Gasteiger partial charge on any atom is 0.255 e. The molecule has 7 heteroatoms. The van der Waals surface area contributed by atoms with Crippen molar-refractivity contribution in [2.45, 2.75) is 32.5 Å². The first-order valence-corrected chi connectivity index (χ1v) is 9.20. The van der Waals surface area contributed by atoms with Crippen molar-refractivity contribution in [3.8, 4) is 0 Å². The molecule has 1 aromatic carbocycles. The largest absolute Gasteiger partial charge is 0.348 e. The van der Waals surface area contributed by atoms with Gasteiger partial charge < -0.3 is 10.6 Å². The minimum absolute atomic E-state index is 0.0923. The Morgan fingerprint density at radius 1 is 1.18 bits per heavy atom. The number of nitrogens with one attached hydrogen (secondary N) is 2. The van der Waals surface area contributed by atoms with Crippen molar-refractivity contribution >= 4 is 11.8 Å². The standard InChI is InChI=1S/C21H21N5O2/c1-14-9-16(7-8-22-14)20(27)25-17-10-19-18(12-24-26(19)13-17)21(28)23-11-15-5-3-2-4-6-15/h2-9,12,17H,10-11,13H2,1H3,(H,23,28)(H,25,27). The van der Waals surface area contributed by atoms with Gasteiger partial charge in [0.15, 0.2) is 0 Å². The van der Waals surface area contributed by atoms with E-state index in [9.17, 15) is 9.59 Å². The molecule has 142 valence electrons. The first kappa shape index (κ1) is 17.9. The topological polar surface area (TPSA) is 88.9 Å². The van der Waals surface area contributed by atoms with Crippen LogP contribution in [0.1, 0.15) is 37.7 Å². The second-order valence-electron chi connectivity index (χ2n) is 6.92. The number of hydrogen-bond acceptors (Lipinski definition) is 4. The molecule has 7 nitrogen and oxygen atoms in total. The van der Waals surface area contributed by atoms with Crippen LogP contribution >= 0.6 is 0 Å². The van der Waals surface area contributed by atoms with Crippen molar-refractivity contribution in [2.75, 3.05) is 0 Å². The summed E-state index contributed by atoms with van der Waals surface area (Å²) in [4.78, 5) is 29.1. The normalized spacial score (nSPS) is 15.1. The summed E-state index contributed by atoms with van der Waals surface area (Å²) in [6.45, 7) is 2.87. The van der Waals surface area contributed by atoms with Crippen LogP contribution < -0.4 is 10.6 Å². The molecule has 4 rings (SSSR count). The maximum atomic E-state index is 12.6. The second-order valence-corrected chi connectivity index (χ2v) is 6.92. The number of fused-ring (bicyclic) bond motifs is 1. The van der Waals surface area contributed by atoms with Gasteiger partial charge in [0.1, 0.15) is 0 Å². The van der Waals surface area contributed by atoms with E-state index < -0.39 is 0 Å². The van der Waals surface area contributed by atoms with Gasteiger partial charge in [0, 0.05) is 30.4 Å². The van der Waals surface area contributed by atoms with E-state index in [1.54, 1.807) is 29.2 Å². The van der Waals surface area contributed by atoms with Crippen LogP contribution in [-0.4, -0.2) is 32.6 Å². The molecule has 0 bridgehead atoms. The highest BCUT2D eigenvalue weighted by Gasteiger charge is 2.29. The van der Waals surface area contributed by atoms with Crippen molar-refractivity contribution in [1.82, 2.24) is 25.4 Å². The minimum Gasteiger partial charge on any atom is -0.348 e. The van der Waals surface area contributed by atoms with Crippen molar-refractivity contribution < 1.29 is 9.59 Å². The highest BCUT2D eigenvalue weighted by Crippen LogP contribution is 2.19. The van der Waals surface area contributed by atoms with Crippen LogP contribution in [0.2, 0.25) is 0 Å². The number of hydrogen-bond donors (Lipinski definition) is 2. The third-order valence-corrected chi connectivity index (χ3v) is 4.82. The zero-order valence-electron chi connectivity index (χ0n) is 15.6. The van der Waals surface area contributed by atoms with Crippen LogP contribution in [0.4, 0.5) is 0 Å². The summed E-state index contributed by atoms with van der Waals surface area (Å²) >= 11 is 0. The summed E-state index contributed by atoms with van der Waals surface area (Å²) in [6, 6.07) is 13.1. The Morgan fingerprint density at radius 2 is 2.00 bits per heavy atom. The molecule has 28 heavy (non-hydrogen) atoms. The van der Waals surface area contributed by atoms with E-state index in [0.717, 1.165) is 17.0 Å². The number of carbonyl (C=O) groups excluding carboxylic acids is 2. The van der Waals surface area contributed by atoms with Gasteiger partial charge in [-0.05, 0) is 24.6 Å². The van der Waals surface area contributed by atoms with E-state index in [-0.39, 0.29) is 17.9 Å². The van der Waals surface area contributed by atoms with Crippen LogP contribution in [0.25, 0.3) is 0 Å². The molecule has 1 unspecified atom stereocenters. The third-order valence-electron chi connectivity index (χ3n) is 4.82. The Labute approximate surface area is 162 Å². The summed E-state index contributed by atoms with van der Waals surface area (Å²) in [5, 5.41) is 10.3. The van der Waals surface area contributed by atoms with Gasteiger partial charge in [-0.25, -0.2) is 0 Å². The third kappa shape index (κ3) is 3.78. The molecule has 0 fully saturated rings. The molecule has 0 radical (unpaired) electrons. The van der Waals surface area contributed by atoms with Crippen molar-refractivity contribution in [3.63, 3.8) is 0 Å². The lowest BCUT2D eigenvalue weighted by molar-refractivity contribution is 0.0934. The molecule has 2 amide bonds. The van der Waals surface area contributed by atoms with Crippen LogP contribution in [-0.2, 0) is 19.5 Å². The molecule has 3 heterocycles. The summed E-state index contributed by atoms with van der Waals surface area (Å²) in [7, 11) is 0. The fourth-order valence-corrected chi connectivity index (χ4v) is 3.41. The van der Waals surface area contributed by atoms with Crippen molar-refractivity contribution in [1.29, 1.82) is 0 Å². The van der Waals surface area contributed by atoms with Crippen LogP contribution in [0, 0.1) is 6.92 Å². The predicted octanol–water partition coefficient (Wildman–Crippen LogP) is 1.87. The summed E-state index contributed by atoms with van der Waals surface area (Å²) in [5.74, 6) is -0.293. The molecule has 3 aromatic rings. The zero-order chi connectivity index (χ0) is 19.5. The summed E-state index contributed by atoms with van der Waals surface area (Å²) < 4.78 is 1.79. The quantitative estimate of drug-likeness (QED) is 0.713. The molecule has 0 saturated carbocycles. The van der Waals surface area contributed by atoms with Gasteiger partial charge in [-0.3, -0.25) is 19.3 Å². The molecule has 1 aliphatic rings. The van der Waals surface area contributed by atoms with Gasteiger partial charge in [0.25, 0.3) is 11.8 Å². The molecule has 1 aliphatic heterocycles. The predicted molar refractivity (Wildman–Crippen MR) is 104 cm³/mol. The van der Waals surface area contributed by atoms with E-state index in [4.69, 9.17) is 0 Å². The number of rotatable bonds is 5. The van der Waals surface area contributed by atoms with Crippen molar-refractivity contribution in [2.24, 2.45) is 0 Å². The van der Waals surface area contributed by atoms with Gasteiger partial charge in [0.05, 0.1) is 30.0 Å². The summed E-state index contributed by atoms with van der Waals surface area (Å²) in [5.41, 5.74) is 3.83. The number of benzene rings is 1. The number of carbonyl (C=O) groups is 2. The Morgan fingerprint density at radius 3 is 2.79 bits per heavy atom. The lowest BCUT2D eigenvalue weighted by Crippen LogP contribution is -2.36. The van der Waals surface area contributed by atoms with E-state index in [1.165, 1.54) is 0 Å². The van der Waals surface area contributed by atoms with Gasteiger partial charge in [-0.15, -0.1) is 0 Å². The van der Waals surface area contributed by atoms with Gasteiger partial charge in [-0.1, -0.05) is 30.3 Å². The van der Waals surface area contributed by atoms with Crippen LogP contribution in [0.15, 0.2) is 54.9 Å². The molecule has 2 aromatic heterocycles. The minimum atomic E-state index is -0.151. The van der Waals surface area contributed by atoms with Gasteiger partial charge in [-0.2, -0.15) is 5.10 Å². The fraction of sp³-hybridized carbons (Fsp3) is 0.238. The van der Waals surface area contributed by atoms with E-state index in [1.807, 2.05) is 37.3 Å². The smallest absolute Gasteiger partial charge is 0.255 e. The number of aryl methyl sites for hydroxylation is 1. The monoisotopic (exact) mass is 375 g/mol. The lowest BCUT2D eigenvalue weighted by Gasteiger charge is -2.12. The first-order valence-electron chi connectivity index (χ1n) is 9.20. The van der Waals surface area contributed by atoms with E-state index in [2.05, 4.69) is 20.7 Å². The fourth-order valence-electron chi connectivity index (χ4n) is 3.41. The number of pyridine rings is 1. The SMILES string of the molecule is Cc1cc(C(=O)NC2Cc3c(C(=O)NCc4ccccc4)cnn3C2)ccn1. The number of nitrogens with zero attached hydrogens (tertiary/aromatic N) is 3. The molecular weight excluding hydrogens is 354 g/mol. The first-order chi connectivity index (χ1) is 13.6. The average molecular weight is 375 g/mol. The van der Waals surface area contributed by atoms with Gasteiger partial charge in [0.2, 0.25) is 0 Å². The molecule has 0 saturated heterocycles. The number of amides is 2. The highest BCUT2D eigenvalue weighted by molar-refractivity contribution is 5.96. The lowest BCUT2D eigenvalue weighted by atomic mass is 10.1. The van der Waals surface area contributed by atoms with Crippen molar-refractivity contribution in [3.05, 3.63) is 82.9 Å². The molecule has 0 spiro atoms. The maximum absolute atomic E-state index is 12.6. The summed E-state index contributed by atoms with van der Waals surface area (Å²) in [6.07, 6.45) is 3.79. The number of aromatic nitrogens is 3. The van der Waals surface area contributed by atoms with Crippen LogP contribution in [0.3, 0.4) is 0 Å². The van der Waals surface area contributed by atoms with Gasteiger partial charge >= 0.3 is 0 Å². The van der Waals surface area contributed by atoms with E-state index in [0.29, 0.717) is 30.6 Å². The second kappa shape index (κ2) is 7.64.